The van der Waals surface area contributed by atoms with Crippen molar-refractivity contribution in [2.24, 2.45) is 0 Å². The van der Waals surface area contributed by atoms with E-state index in [0.717, 1.165) is 21.9 Å². The van der Waals surface area contributed by atoms with Gasteiger partial charge in [0.1, 0.15) is 176 Å². The van der Waals surface area contributed by atoms with E-state index >= 15 is 0 Å². The first-order chi connectivity index (χ1) is 34.0. The smallest absolute Gasteiger partial charge is 0.140 e. The highest BCUT2D eigenvalue weighted by atomic mass is 16.3. The van der Waals surface area contributed by atoms with Crippen LogP contribution in [0.4, 0.5) is 0 Å². The maximum absolute atomic E-state index is 6.67. The van der Waals surface area contributed by atoms with Crippen molar-refractivity contribution in [1.82, 2.24) is 0 Å². The maximum Gasteiger partial charge on any atom is 0.140 e. The van der Waals surface area contributed by atoms with E-state index in [0.29, 0.717) is 0 Å². The molecular weight excluding hydrogens is 844 g/mol. The van der Waals surface area contributed by atoms with Crippen LogP contribution in [0.1, 0.15) is 0 Å². The minimum absolute atomic E-state index is 0.922. The lowest BCUT2D eigenvalue weighted by atomic mass is 9.55. The molecule has 0 amide bonds. The van der Waals surface area contributed by atoms with Crippen LogP contribution < -0.4 is 115 Å². The second kappa shape index (κ2) is 16.8. The minimum Gasteiger partial charge on any atom is -0.456 e. The van der Waals surface area contributed by atoms with E-state index in [1.165, 1.54) is 202 Å². The molecule has 1 aromatic heterocycles. The summed E-state index contributed by atoms with van der Waals surface area (Å²) in [6.07, 6.45) is 0. The number of benzene rings is 10. The normalized spacial score (nSPS) is 11.9. The first-order valence-electron chi connectivity index (χ1n) is 26.4. The molecule has 22 heteroatoms. The van der Waals surface area contributed by atoms with Crippen LogP contribution in [0.25, 0.3) is 109 Å². The van der Waals surface area contributed by atoms with E-state index in [-0.39, 0.29) is 0 Å². The van der Waals surface area contributed by atoms with Gasteiger partial charge in [-0.05, 0) is 112 Å². The Labute approximate surface area is 444 Å². The van der Waals surface area contributed by atoms with Gasteiger partial charge in [-0.1, -0.05) is 101 Å². The van der Waals surface area contributed by atoms with Crippen LogP contribution in [0.15, 0.2) is 59.0 Å². The molecule has 0 saturated heterocycles. The van der Waals surface area contributed by atoms with Gasteiger partial charge in [-0.2, -0.15) is 0 Å². The summed E-state index contributed by atoms with van der Waals surface area (Å²) < 4.78 is 6.67. The Morgan fingerprint density at radius 2 is 0.542 bits per heavy atom. The van der Waals surface area contributed by atoms with Crippen molar-refractivity contribution < 1.29 is 4.42 Å². The van der Waals surface area contributed by atoms with E-state index in [9.17, 15) is 0 Å². The summed E-state index contributed by atoms with van der Waals surface area (Å²) >= 11 is 0. The zero-order valence-corrected chi connectivity index (χ0v) is 47.1. The zero-order valence-electron chi connectivity index (χ0n) is 47.1. The van der Waals surface area contributed by atoms with Gasteiger partial charge in [-0.15, -0.1) is 43.7 Å². The van der Waals surface area contributed by atoms with E-state index in [2.05, 4.69) is 219 Å². The lowest BCUT2D eigenvalue weighted by molar-refractivity contribution is 0.669. The van der Waals surface area contributed by atoms with Crippen LogP contribution in [-0.2, 0) is 0 Å². The maximum atomic E-state index is 6.67. The third kappa shape index (κ3) is 6.38. The van der Waals surface area contributed by atoms with Crippen molar-refractivity contribution in [3.05, 3.63) is 54.6 Å². The molecule has 1 heterocycles. The van der Waals surface area contributed by atoms with Crippen molar-refractivity contribution in [2.75, 3.05) is 0 Å². The van der Waals surface area contributed by atoms with Crippen molar-refractivity contribution in [2.45, 2.75) is 0 Å². The first-order valence-corrected chi connectivity index (χ1v) is 26.4. The van der Waals surface area contributed by atoms with Crippen LogP contribution in [0, 0.1) is 0 Å². The number of hydrogen-bond acceptors (Lipinski definition) is 1. The molecule has 0 atom stereocenters. The monoisotopic (exact) mass is 899 g/mol. The van der Waals surface area contributed by atoms with E-state index in [1.807, 2.05) is 0 Å². The minimum atomic E-state index is 0.922. The Morgan fingerprint density at radius 1 is 0.222 bits per heavy atom. The van der Waals surface area contributed by atoms with Gasteiger partial charge in [0, 0.05) is 10.8 Å². The molecule has 0 saturated carbocycles. The van der Waals surface area contributed by atoms with Crippen molar-refractivity contribution in [1.29, 1.82) is 0 Å². The van der Waals surface area contributed by atoms with Crippen LogP contribution in [0.5, 0.6) is 0 Å². The second-order valence-corrected chi connectivity index (χ2v) is 22.5. The Morgan fingerprint density at radius 3 is 0.986 bits per heavy atom. The molecule has 0 radical (unpaired) electrons. The molecule has 0 aliphatic carbocycles. The summed E-state index contributed by atoms with van der Waals surface area (Å²) in [5.41, 5.74) is 39.0. The molecule has 11 rings (SSSR count). The van der Waals surface area contributed by atoms with Gasteiger partial charge < -0.3 is 4.42 Å². The summed E-state index contributed by atoms with van der Waals surface area (Å²) in [5, 5.41) is 15.9. The van der Waals surface area contributed by atoms with E-state index in [4.69, 9.17) is 4.42 Å². The molecule has 0 unspecified atom stereocenters. The summed E-state index contributed by atoms with van der Waals surface area (Å²) in [6.45, 7) is 0. The highest BCUT2D eigenvalue weighted by Crippen LogP contribution is 2.44. The average molecular weight is 895 g/mol. The highest BCUT2D eigenvalue weighted by Gasteiger charge is 2.31. The zero-order chi connectivity index (χ0) is 51.7. The molecule has 11 aromatic rings. The molecule has 1 nitrogen and oxygen atoms in total. The lowest BCUT2D eigenvalue weighted by Crippen LogP contribution is -2.53. The standard InChI is InChI=1S/C50H51B21O/c51-30-27(39(60)40(61)29-28(30)41(62)49(70)50(71)42(29)63)26-25-24(37(58)47(68)48(69)38(25)59)23(31(52)32(26)53)18-21-19(33(54)43(64)45(66)35(21)56)17(20-22(18)36(57)46(67)44(65)34(20)55)12-5-6-15-13(8-12)14-7-10-3-1-2-4-11(10)9-16(14)72-15/h1-9H,51-71H2. The van der Waals surface area contributed by atoms with Crippen molar-refractivity contribution in [3.8, 4) is 33.4 Å². The molecule has 0 aliphatic heterocycles. The molecule has 0 aliphatic rings. The number of furan rings is 1. The van der Waals surface area contributed by atoms with Crippen LogP contribution in [0.2, 0.25) is 0 Å². The topological polar surface area (TPSA) is 13.1 Å². The Bertz CT molecular complexity index is 4330. The van der Waals surface area contributed by atoms with Gasteiger partial charge in [0.15, 0.2) is 0 Å². The van der Waals surface area contributed by atoms with Crippen LogP contribution in [-0.4, -0.2) is 165 Å². The molecular formula is C50H51B21O. The Kier molecular flexibility index (Phi) is 11.4. The van der Waals surface area contributed by atoms with Crippen molar-refractivity contribution in [3.63, 3.8) is 0 Å². The molecule has 0 fully saturated rings. The fraction of sp³-hybridized carbons (Fsp3) is 0. The molecule has 0 bridgehead atoms. The molecule has 0 spiro atoms. The van der Waals surface area contributed by atoms with Gasteiger partial charge in [0.25, 0.3) is 0 Å². The molecule has 0 N–H and O–H groups in total. The highest BCUT2D eigenvalue weighted by molar-refractivity contribution is 6.76. The number of fused-ring (bicyclic) bond motifs is 8. The van der Waals surface area contributed by atoms with Gasteiger partial charge in [-0.25, -0.2) is 0 Å². The van der Waals surface area contributed by atoms with Gasteiger partial charge in [0.2, 0.25) is 0 Å². The van der Waals surface area contributed by atoms with Crippen LogP contribution in [0.3, 0.4) is 0 Å². The largest absolute Gasteiger partial charge is 0.456 e. The Hall–Kier alpha value is -5.34. The third-order valence-electron chi connectivity index (χ3n) is 19.8. The summed E-state index contributed by atoms with van der Waals surface area (Å²) in [7, 11) is 50.0. The Balaban J connectivity index is 1.39. The molecule has 72 heavy (non-hydrogen) atoms. The first kappa shape index (κ1) is 48.9. The fourth-order valence-corrected chi connectivity index (χ4v) is 14.0. The lowest BCUT2D eigenvalue weighted by Gasteiger charge is -2.32. The van der Waals surface area contributed by atoms with E-state index < -0.39 is 0 Å². The molecule has 320 valence electrons. The van der Waals surface area contributed by atoms with Gasteiger partial charge in [-0.3, -0.25) is 0 Å². The van der Waals surface area contributed by atoms with Gasteiger partial charge >= 0.3 is 0 Å². The summed E-state index contributed by atoms with van der Waals surface area (Å²) in [6, 6.07) is 20.2. The number of rotatable bonds is 3. The van der Waals surface area contributed by atoms with E-state index in [1.54, 1.807) is 0 Å². The summed E-state index contributed by atoms with van der Waals surface area (Å²) in [4.78, 5) is 0. The quantitative estimate of drug-likeness (QED) is 0.127. The van der Waals surface area contributed by atoms with Crippen molar-refractivity contribution >= 4 is 355 Å². The molecule has 10 aromatic carbocycles. The van der Waals surface area contributed by atoms with Crippen LogP contribution >= 0.6 is 0 Å². The van der Waals surface area contributed by atoms with Gasteiger partial charge in [0.05, 0.1) is 0 Å². The SMILES string of the molecule is Bc1c(B)c(B)c2c(B)c(-c3c(B)c(B)c(-c4c5c(B)c(B)c(B)c(B)c5c(-c5ccc6oc7cc8ccccc8cc7c6c5)c5c(B)c(B)c(B)c(B)c45)c4c(B)c(B)c(B)c(B)c34)c(B)c(B)c2c1B. The fourth-order valence-electron chi connectivity index (χ4n) is 14.0. The predicted molar refractivity (Wildman–Crippen MR) is 389 cm³/mol. The summed E-state index contributed by atoms with van der Waals surface area (Å²) in [5.74, 6) is 0. The predicted octanol–water partition coefficient (Wildman–Crippen LogP) is -22.2. The second-order valence-electron chi connectivity index (χ2n) is 22.5. The third-order valence-corrected chi connectivity index (χ3v) is 19.8. The average Bonchev–Trinajstić information content (AvgIpc) is 3.72. The number of hydrogen-bond donors (Lipinski definition) is 0.